The second kappa shape index (κ2) is 4.58. The molecule has 1 N–H and O–H groups in total. The van der Waals surface area contributed by atoms with Crippen LogP contribution in [0.4, 0.5) is 0 Å². The highest BCUT2D eigenvalue weighted by atomic mass is 32.2. The third kappa shape index (κ3) is 2.26. The molecule has 1 aliphatic heterocycles. The molecule has 15 heavy (non-hydrogen) atoms. The van der Waals surface area contributed by atoms with Crippen LogP contribution in [-0.2, 0) is 10.0 Å². The van der Waals surface area contributed by atoms with Crippen molar-refractivity contribution < 1.29 is 8.42 Å². The predicted molar refractivity (Wildman–Crippen MR) is 53.0 cm³/mol. The van der Waals surface area contributed by atoms with Crippen molar-refractivity contribution in [3.8, 4) is 12.1 Å². The van der Waals surface area contributed by atoms with Gasteiger partial charge in [-0.15, -0.1) is 0 Å². The van der Waals surface area contributed by atoms with Crippen LogP contribution < -0.4 is 5.32 Å². The lowest BCUT2D eigenvalue weighted by Crippen LogP contribution is -2.54. The maximum Gasteiger partial charge on any atom is 0.231 e. The summed E-state index contributed by atoms with van der Waals surface area (Å²) in [5.74, 6) is 0. The van der Waals surface area contributed by atoms with Gasteiger partial charge in [-0.25, -0.2) is 8.42 Å². The van der Waals surface area contributed by atoms with Gasteiger partial charge >= 0.3 is 0 Å². The summed E-state index contributed by atoms with van der Waals surface area (Å²) in [5, 5.41) is 19.2. The highest BCUT2D eigenvalue weighted by Crippen LogP contribution is 2.13. The number of hydrogen-bond acceptors (Lipinski definition) is 5. The summed E-state index contributed by atoms with van der Waals surface area (Å²) in [6, 6.07) is 2.89. The van der Waals surface area contributed by atoms with Crippen LogP contribution in [-0.4, -0.2) is 43.6 Å². The molecular weight excluding hydrogens is 216 g/mol. The molecule has 0 aromatic carbocycles. The minimum absolute atomic E-state index is 0.243. The Morgan fingerprint density at radius 3 is 2.73 bits per heavy atom. The van der Waals surface area contributed by atoms with E-state index in [2.05, 4.69) is 5.32 Å². The van der Waals surface area contributed by atoms with Gasteiger partial charge in [-0.2, -0.15) is 14.8 Å². The van der Waals surface area contributed by atoms with Crippen molar-refractivity contribution in [1.82, 2.24) is 9.62 Å². The minimum atomic E-state index is -3.66. The fraction of sp³-hybridized carbons (Fsp3) is 0.750. The molecule has 1 aliphatic rings. The monoisotopic (exact) mass is 228 g/mol. The summed E-state index contributed by atoms with van der Waals surface area (Å²) < 4.78 is 24.7. The topological polar surface area (TPSA) is 97.0 Å². The molecule has 2 unspecified atom stereocenters. The maximum absolute atomic E-state index is 11.8. The number of piperazine rings is 1. The van der Waals surface area contributed by atoms with Gasteiger partial charge in [0.15, 0.2) is 5.25 Å². The number of sulfonamides is 1. The fourth-order valence-electron chi connectivity index (χ4n) is 1.37. The molecule has 0 radical (unpaired) electrons. The first-order valence-electron chi connectivity index (χ1n) is 4.54. The van der Waals surface area contributed by atoms with Crippen LogP contribution in [0.5, 0.6) is 0 Å². The second-order valence-electron chi connectivity index (χ2n) is 3.28. The van der Waals surface area contributed by atoms with E-state index in [0.717, 1.165) is 4.31 Å². The first-order chi connectivity index (χ1) is 7.04. The summed E-state index contributed by atoms with van der Waals surface area (Å²) in [4.78, 5) is 0. The van der Waals surface area contributed by atoms with Gasteiger partial charge in [0.05, 0.1) is 12.1 Å². The summed E-state index contributed by atoms with van der Waals surface area (Å²) in [5.41, 5.74) is 0. The summed E-state index contributed by atoms with van der Waals surface area (Å²) in [7, 11) is -3.66. The molecule has 0 aromatic heterocycles. The van der Waals surface area contributed by atoms with Crippen molar-refractivity contribution >= 4 is 10.0 Å². The molecule has 0 aliphatic carbocycles. The molecule has 0 aromatic rings. The molecule has 0 bridgehead atoms. The molecule has 0 saturated carbocycles. The zero-order valence-electron chi connectivity index (χ0n) is 8.34. The Labute approximate surface area is 89.1 Å². The quantitative estimate of drug-likeness (QED) is 0.655. The Balaban J connectivity index is 2.96. The smallest absolute Gasteiger partial charge is 0.231 e. The number of hydrogen-bond donors (Lipinski definition) is 1. The van der Waals surface area contributed by atoms with E-state index in [1.807, 2.05) is 6.07 Å². The lowest BCUT2D eigenvalue weighted by Gasteiger charge is -2.31. The third-order valence-corrected chi connectivity index (χ3v) is 4.39. The molecule has 1 rings (SSSR count). The van der Waals surface area contributed by atoms with Crippen LogP contribution in [0.2, 0.25) is 0 Å². The molecule has 6 nitrogen and oxygen atoms in total. The minimum Gasteiger partial charge on any atom is -0.313 e. The summed E-state index contributed by atoms with van der Waals surface area (Å²) in [6.07, 6.45) is 0. The predicted octanol–water partition coefficient (Wildman–Crippen LogP) is -0.974. The lowest BCUT2D eigenvalue weighted by atomic mass is 10.3. The molecule has 0 spiro atoms. The van der Waals surface area contributed by atoms with Crippen molar-refractivity contribution in [1.29, 1.82) is 10.5 Å². The average Bonchev–Trinajstić information content (AvgIpc) is 2.27. The number of nitrogens with one attached hydrogen (secondary N) is 1. The number of rotatable bonds is 2. The average molecular weight is 228 g/mol. The van der Waals surface area contributed by atoms with Crippen molar-refractivity contribution in [3.05, 3.63) is 0 Å². The van der Waals surface area contributed by atoms with Gasteiger partial charge in [-0.3, -0.25) is 0 Å². The largest absolute Gasteiger partial charge is 0.313 e. The molecule has 7 heteroatoms. The SMILES string of the molecule is CC(C#N)S(=O)(=O)N1CCNCC1C#N. The zero-order chi connectivity index (χ0) is 11.5. The van der Waals surface area contributed by atoms with Crippen LogP contribution in [0.25, 0.3) is 0 Å². The van der Waals surface area contributed by atoms with Gasteiger partial charge in [0.2, 0.25) is 10.0 Å². The Morgan fingerprint density at radius 2 is 2.20 bits per heavy atom. The molecular formula is C8H12N4O2S. The van der Waals surface area contributed by atoms with E-state index >= 15 is 0 Å². The van der Waals surface area contributed by atoms with E-state index in [1.54, 1.807) is 6.07 Å². The van der Waals surface area contributed by atoms with Gasteiger partial charge in [0, 0.05) is 19.6 Å². The molecule has 82 valence electrons. The summed E-state index contributed by atoms with van der Waals surface area (Å²) in [6.45, 7) is 2.39. The third-order valence-electron chi connectivity index (χ3n) is 2.30. The summed E-state index contributed by atoms with van der Waals surface area (Å²) >= 11 is 0. The van der Waals surface area contributed by atoms with E-state index in [4.69, 9.17) is 10.5 Å². The first kappa shape index (κ1) is 11.9. The van der Waals surface area contributed by atoms with E-state index < -0.39 is 21.3 Å². The van der Waals surface area contributed by atoms with Gasteiger partial charge in [0.25, 0.3) is 0 Å². The highest BCUT2D eigenvalue weighted by Gasteiger charge is 2.35. The first-order valence-corrected chi connectivity index (χ1v) is 6.05. The fourth-order valence-corrected chi connectivity index (χ4v) is 2.73. The van der Waals surface area contributed by atoms with Crippen LogP contribution in [0.1, 0.15) is 6.92 Å². The van der Waals surface area contributed by atoms with Crippen molar-refractivity contribution in [2.45, 2.75) is 18.2 Å². The normalized spacial score (nSPS) is 25.1. The van der Waals surface area contributed by atoms with Crippen LogP contribution in [0, 0.1) is 22.7 Å². The van der Waals surface area contributed by atoms with E-state index in [9.17, 15) is 8.42 Å². The van der Waals surface area contributed by atoms with Crippen molar-refractivity contribution in [3.63, 3.8) is 0 Å². The van der Waals surface area contributed by atoms with E-state index in [-0.39, 0.29) is 6.54 Å². The Morgan fingerprint density at radius 1 is 1.53 bits per heavy atom. The highest BCUT2D eigenvalue weighted by molar-refractivity contribution is 7.90. The van der Waals surface area contributed by atoms with Crippen LogP contribution >= 0.6 is 0 Å². The van der Waals surface area contributed by atoms with Crippen LogP contribution in [0.15, 0.2) is 0 Å². The Hall–Kier alpha value is -1.15. The number of nitriles is 2. The molecule has 1 fully saturated rings. The van der Waals surface area contributed by atoms with Crippen molar-refractivity contribution in [2.24, 2.45) is 0 Å². The zero-order valence-corrected chi connectivity index (χ0v) is 9.16. The maximum atomic E-state index is 11.8. The Kier molecular flexibility index (Phi) is 3.64. The van der Waals surface area contributed by atoms with Gasteiger partial charge < -0.3 is 5.32 Å². The van der Waals surface area contributed by atoms with Crippen molar-refractivity contribution in [2.75, 3.05) is 19.6 Å². The molecule has 0 amide bonds. The van der Waals surface area contributed by atoms with Gasteiger partial charge in [-0.05, 0) is 6.92 Å². The molecule has 2 atom stereocenters. The Bertz CT molecular complexity index is 405. The lowest BCUT2D eigenvalue weighted by molar-refractivity contribution is 0.310. The second-order valence-corrected chi connectivity index (χ2v) is 5.48. The van der Waals surface area contributed by atoms with Gasteiger partial charge in [-0.1, -0.05) is 0 Å². The van der Waals surface area contributed by atoms with Crippen LogP contribution in [0.3, 0.4) is 0 Å². The number of nitrogens with zero attached hydrogens (tertiary/aromatic N) is 3. The van der Waals surface area contributed by atoms with E-state index in [0.29, 0.717) is 13.1 Å². The molecule has 1 saturated heterocycles. The standard InChI is InChI=1S/C8H12N4O2S/c1-7(4-9)15(13,14)12-3-2-11-6-8(12)5-10/h7-8,11H,2-3,6H2,1H3. The molecule has 1 heterocycles. The van der Waals surface area contributed by atoms with Gasteiger partial charge in [0.1, 0.15) is 6.04 Å². The van der Waals surface area contributed by atoms with E-state index in [1.165, 1.54) is 6.92 Å².